The number of benzene rings is 2. The first-order valence-corrected chi connectivity index (χ1v) is 7.43. The third-order valence-electron chi connectivity index (χ3n) is 4.00. The first-order chi connectivity index (χ1) is 11.0. The van der Waals surface area contributed by atoms with Gasteiger partial charge in [-0.1, -0.05) is 24.3 Å². The van der Waals surface area contributed by atoms with Crippen molar-refractivity contribution in [2.45, 2.75) is 19.4 Å². The van der Waals surface area contributed by atoms with Crippen molar-refractivity contribution in [1.29, 1.82) is 0 Å². The van der Waals surface area contributed by atoms with E-state index in [1.165, 1.54) is 17.7 Å². The molecule has 1 amide bonds. The van der Waals surface area contributed by atoms with Crippen molar-refractivity contribution in [2.75, 3.05) is 16.8 Å². The van der Waals surface area contributed by atoms with Gasteiger partial charge in [0.25, 0.3) is 5.69 Å². The van der Waals surface area contributed by atoms with Crippen molar-refractivity contribution in [1.82, 2.24) is 0 Å². The number of non-ortho nitro benzene ring substituents is 1. The Morgan fingerprint density at radius 3 is 2.87 bits per heavy atom. The van der Waals surface area contributed by atoms with E-state index >= 15 is 0 Å². The number of rotatable bonds is 4. The van der Waals surface area contributed by atoms with Crippen molar-refractivity contribution in [3.8, 4) is 0 Å². The number of nitro benzene ring substituents is 1. The summed E-state index contributed by atoms with van der Waals surface area (Å²) in [5, 5.41) is 13.5. The topological polar surface area (TPSA) is 75.5 Å². The summed E-state index contributed by atoms with van der Waals surface area (Å²) in [7, 11) is 0. The van der Waals surface area contributed by atoms with Crippen LogP contribution in [0.25, 0.3) is 0 Å². The predicted octanol–water partition coefficient (Wildman–Crippen LogP) is 2.98. The molecular formula is C17H17N3O3. The van der Waals surface area contributed by atoms with Gasteiger partial charge in [0.1, 0.15) is 0 Å². The molecule has 0 saturated carbocycles. The molecule has 0 aliphatic carbocycles. The maximum atomic E-state index is 12.3. The highest BCUT2D eigenvalue weighted by Crippen LogP contribution is 2.31. The minimum atomic E-state index is -0.478. The summed E-state index contributed by atoms with van der Waals surface area (Å²) >= 11 is 0. The van der Waals surface area contributed by atoms with Gasteiger partial charge in [-0.25, -0.2) is 0 Å². The van der Waals surface area contributed by atoms with Crippen LogP contribution in [0.2, 0.25) is 0 Å². The molecule has 6 nitrogen and oxygen atoms in total. The molecule has 0 saturated heterocycles. The first kappa shape index (κ1) is 15.0. The number of anilines is 2. The van der Waals surface area contributed by atoms with Crippen LogP contribution in [0, 0.1) is 10.1 Å². The van der Waals surface area contributed by atoms with Gasteiger partial charge in [0.15, 0.2) is 0 Å². The molecule has 1 N–H and O–H groups in total. The van der Waals surface area contributed by atoms with Crippen LogP contribution >= 0.6 is 0 Å². The van der Waals surface area contributed by atoms with Gasteiger partial charge in [-0.3, -0.25) is 14.9 Å². The van der Waals surface area contributed by atoms with Gasteiger partial charge in [-0.2, -0.15) is 0 Å². The fourth-order valence-electron chi connectivity index (χ4n) is 2.92. The lowest BCUT2D eigenvalue weighted by Gasteiger charge is -2.24. The Bertz CT molecular complexity index is 760. The molecular weight excluding hydrogens is 294 g/mol. The van der Waals surface area contributed by atoms with Crippen LogP contribution in [-0.2, 0) is 11.2 Å². The highest BCUT2D eigenvalue weighted by molar-refractivity contribution is 5.94. The van der Waals surface area contributed by atoms with E-state index in [9.17, 15) is 14.9 Å². The quantitative estimate of drug-likeness (QED) is 0.695. The summed E-state index contributed by atoms with van der Waals surface area (Å²) in [5.41, 5.74) is 2.71. The molecule has 0 radical (unpaired) electrons. The summed E-state index contributed by atoms with van der Waals surface area (Å²) in [4.78, 5) is 24.6. The third-order valence-corrected chi connectivity index (χ3v) is 4.00. The van der Waals surface area contributed by atoms with Crippen molar-refractivity contribution in [3.63, 3.8) is 0 Å². The molecule has 1 aliphatic rings. The van der Waals surface area contributed by atoms with Gasteiger partial charge in [0.05, 0.1) is 11.5 Å². The lowest BCUT2D eigenvalue weighted by atomic mass is 10.1. The third kappa shape index (κ3) is 3.15. The van der Waals surface area contributed by atoms with E-state index in [0.717, 1.165) is 12.1 Å². The number of para-hydroxylation sites is 1. The molecule has 2 aromatic carbocycles. The van der Waals surface area contributed by atoms with Gasteiger partial charge in [-0.05, 0) is 31.0 Å². The van der Waals surface area contributed by atoms with E-state index in [-0.39, 0.29) is 24.2 Å². The number of carbonyl (C=O) groups is 1. The maximum Gasteiger partial charge on any atom is 0.271 e. The van der Waals surface area contributed by atoms with E-state index in [0.29, 0.717) is 5.69 Å². The fraction of sp³-hybridized carbons (Fsp3) is 0.235. The number of nitro groups is 1. The van der Waals surface area contributed by atoms with Crippen molar-refractivity contribution in [3.05, 3.63) is 64.2 Å². The molecule has 0 bridgehead atoms. The van der Waals surface area contributed by atoms with E-state index in [1.807, 2.05) is 18.2 Å². The van der Waals surface area contributed by atoms with Gasteiger partial charge in [-0.15, -0.1) is 0 Å². The summed E-state index contributed by atoms with van der Waals surface area (Å²) in [6.07, 6.45) is 0.917. The molecule has 0 aromatic heterocycles. The minimum Gasteiger partial charge on any atom is -0.359 e. The maximum absolute atomic E-state index is 12.3. The zero-order valence-corrected chi connectivity index (χ0v) is 12.7. The van der Waals surface area contributed by atoms with Crippen LogP contribution in [-0.4, -0.2) is 23.4 Å². The number of nitrogens with one attached hydrogen (secondary N) is 1. The van der Waals surface area contributed by atoms with E-state index in [2.05, 4.69) is 23.2 Å². The number of hydrogen-bond acceptors (Lipinski definition) is 4. The Hall–Kier alpha value is -2.89. The van der Waals surface area contributed by atoms with Crippen molar-refractivity contribution in [2.24, 2.45) is 0 Å². The Kier molecular flexibility index (Phi) is 3.97. The van der Waals surface area contributed by atoms with Crippen molar-refractivity contribution >= 4 is 23.0 Å². The molecule has 3 rings (SSSR count). The SMILES string of the molecule is CC1Cc2ccccc2N1CC(=O)Nc1cccc([N+](=O)[O-])c1. The van der Waals surface area contributed by atoms with Crippen LogP contribution in [0.1, 0.15) is 12.5 Å². The van der Waals surface area contributed by atoms with E-state index in [4.69, 9.17) is 0 Å². The average Bonchev–Trinajstić information content (AvgIpc) is 2.83. The second kappa shape index (κ2) is 6.08. The molecule has 0 spiro atoms. The fourth-order valence-corrected chi connectivity index (χ4v) is 2.92. The smallest absolute Gasteiger partial charge is 0.271 e. The summed E-state index contributed by atoms with van der Waals surface area (Å²) in [6.45, 7) is 2.31. The molecule has 1 unspecified atom stereocenters. The van der Waals surface area contributed by atoms with Gasteiger partial charge >= 0.3 is 0 Å². The van der Waals surface area contributed by atoms with Crippen LogP contribution in [0.5, 0.6) is 0 Å². The van der Waals surface area contributed by atoms with E-state index in [1.54, 1.807) is 12.1 Å². The number of amides is 1. The lowest BCUT2D eigenvalue weighted by Crippen LogP contribution is -2.37. The number of hydrogen-bond donors (Lipinski definition) is 1. The second-order valence-electron chi connectivity index (χ2n) is 5.67. The summed E-state index contributed by atoms with van der Waals surface area (Å²) in [6, 6.07) is 14.3. The van der Waals surface area contributed by atoms with Crippen molar-refractivity contribution < 1.29 is 9.72 Å². The molecule has 118 valence electrons. The first-order valence-electron chi connectivity index (χ1n) is 7.43. The Morgan fingerprint density at radius 2 is 2.09 bits per heavy atom. The Labute approximate surface area is 133 Å². The van der Waals surface area contributed by atoms with E-state index < -0.39 is 4.92 Å². The molecule has 1 atom stereocenters. The summed E-state index contributed by atoms with van der Waals surface area (Å²) < 4.78 is 0. The molecule has 2 aromatic rings. The zero-order chi connectivity index (χ0) is 16.4. The molecule has 1 aliphatic heterocycles. The number of fused-ring (bicyclic) bond motifs is 1. The average molecular weight is 311 g/mol. The minimum absolute atomic E-state index is 0.0392. The monoisotopic (exact) mass is 311 g/mol. The largest absolute Gasteiger partial charge is 0.359 e. The Morgan fingerprint density at radius 1 is 1.30 bits per heavy atom. The predicted molar refractivity (Wildman–Crippen MR) is 88.7 cm³/mol. The number of carbonyl (C=O) groups excluding carboxylic acids is 1. The lowest BCUT2D eigenvalue weighted by molar-refractivity contribution is -0.384. The highest BCUT2D eigenvalue weighted by atomic mass is 16.6. The highest BCUT2D eigenvalue weighted by Gasteiger charge is 2.27. The number of nitrogens with zero attached hydrogens (tertiary/aromatic N) is 2. The normalized spacial score (nSPS) is 16.0. The van der Waals surface area contributed by atoms with Crippen LogP contribution in [0.3, 0.4) is 0 Å². The molecule has 1 heterocycles. The van der Waals surface area contributed by atoms with Gasteiger partial charge in [0.2, 0.25) is 5.91 Å². The van der Waals surface area contributed by atoms with Crippen LogP contribution in [0.15, 0.2) is 48.5 Å². The van der Waals surface area contributed by atoms with Gasteiger partial charge < -0.3 is 10.2 Å². The second-order valence-corrected chi connectivity index (χ2v) is 5.67. The zero-order valence-electron chi connectivity index (χ0n) is 12.7. The van der Waals surface area contributed by atoms with Gasteiger partial charge in [0, 0.05) is 29.5 Å². The molecule has 6 heteroatoms. The summed E-state index contributed by atoms with van der Waals surface area (Å²) in [5.74, 6) is -0.186. The Balaban J connectivity index is 1.71. The van der Waals surface area contributed by atoms with Crippen LogP contribution in [0.4, 0.5) is 17.1 Å². The molecule has 23 heavy (non-hydrogen) atoms. The standard InChI is InChI=1S/C17H17N3O3/c1-12-9-13-5-2-3-8-16(13)19(12)11-17(21)18-14-6-4-7-15(10-14)20(22)23/h2-8,10,12H,9,11H2,1H3,(H,18,21). The molecule has 0 fully saturated rings. The van der Waals surface area contributed by atoms with Crippen LogP contribution < -0.4 is 10.2 Å².